The smallest absolute Gasteiger partial charge is 0.170 e. The summed E-state index contributed by atoms with van der Waals surface area (Å²) < 4.78 is 14.7. The van der Waals surface area contributed by atoms with Crippen LogP contribution in [0.4, 0.5) is 10.2 Å². The van der Waals surface area contributed by atoms with Crippen molar-refractivity contribution in [3.63, 3.8) is 0 Å². The fourth-order valence-corrected chi connectivity index (χ4v) is 2.45. The largest absolute Gasteiger partial charge is 0.351 e. The Morgan fingerprint density at radius 3 is 2.81 bits per heavy atom. The van der Waals surface area contributed by atoms with E-state index in [4.69, 9.17) is 0 Å². The van der Waals surface area contributed by atoms with Crippen LogP contribution in [0.1, 0.15) is 52.0 Å². The average Bonchev–Trinajstić information content (AvgIpc) is 3.27. The molecule has 1 fully saturated rings. The van der Waals surface area contributed by atoms with E-state index in [2.05, 4.69) is 36.0 Å². The highest BCUT2D eigenvalue weighted by Crippen LogP contribution is 2.33. The number of halogens is 1. The standard InChI is InChI=1S/C17H28FN3/c1-4-9-19-12-14-7-10-20-17(16(14)18)21(15-5-6-15)11-8-13(2)3/h7,10,13,15,19H,4-6,8-9,11-12H2,1-3H3. The fraction of sp³-hybridized carbons (Fsp3) is 0.706. The topological polar surface area (TPSA) is 28.2 Å². The van der Waals surface area contributed by atoms with Gasteiger partial charge in [-0.25, -0.2) is 9.37 Å². The predicted octanol–water partition coefficient (Wildman–Crippen LogP) is 3.74. The van der Waals surface area contributed by atoms with E-state index in [-0.39, 0.29) is 5.82 Å². The zero-order valence-corrected chi connectivity index (χ0v) is 13.5. The Bertz CT molecular complexity index is 444. The van der Waals surface area contributed by atoms with Gasteiger partial charge in [0.1, 0.15) is 0 Å². The van der Waals surface area contributed by atoms with E-state index in [0.717, 1.165) is 44.3 Å². The molecule has 1 saturated carbocycles. The van der Waals surface area contributed by atoms with Crippen LogP contribution < -0.4 is 10.2 Å². The van der Waals surface area contributed by atoms with Crippen molar-refractivity contribution in [3.8, 4) is 0 Å². The molecule has 1 aromatic rings. The lowest BCUT2D eigenvalue weighted by Gasteiger charge is -2.25. The zero-order valence-electron chi connectivity index (χ0n) is 13.5. The minimum atomic E-state index is -0.142. The third-order valence-corrected chi connectivity index (χ3v) is 3.90. The van der Waals surface area contributed by atoms with E-state index in [0.29, 0.717) is 24.3 Å². The number of pyridine rings is 1. The van der Waals surface area contributed by atoms with Crippen LogP contribution in [0, 0.1) is 11.7 Å². The maximum atomic E-state index is 14.7. The van der Waals surface area contributed by atoms with Crippen LogP contribution in [0.3, 0.4) is 0 Å². The van der Waals surface area contributed by atoms with Crippen molar-refractivity contribution in [1.29, 1.82) is 0 Å². The SMILES string of the molecule is CCCNCc1ccnc(N(CCC(C)C)C2CC2)c1F. The van der Waals surface area contributed by atoms with Crippen LogP contribution in [-0.2, 0) is 6.54 Å². The van der Waals surface area contributed by atoms with Crippen molar-refractivity contribution in [2.45, 2.75) is 59.0 Å². The third-order valence-electron chi connectivity index (χ3n) is 3.90. The Labute approximate surface area is 127 Å². The predicted molar refractivity (Wildman–Crippen MR) is 86.0 cm³/mol. The van der Waals surface area contributed by atoms with Crippen LogP contribution >= 0.6 is 0 Å². The Hall–Kier alpha value is -1.16. The number of nitrogens with zero attached hydrogens (tertiary/aromatic N) is 2. The monoisotopic (exact) mass is 293 g/mol. The molecule has 0 aromatic carbocycles. The molecule has 0 saturated heterocycles. The van der Waals surface area contributed by atoms with E-state index in [1.807, 2.05) is 0 Å². The summed E-state index contributed by atoms with van der Waals surface area (Å²) in [6.45, 7) is 8.93. The summed E-state index contributed by atoms with van der Waals surface area (Å²) in [5.74, 6) is 1.04. The summed E-state index contributed by atoms with van der Waals surface area (Å²) in [5.41, 5.74) is 0.726. The van der Waals surface area contributed by atoms with Crippen LogP contribution in [0.5, 0.6) is 0 Å². The molecule has 2 rings (SSSR count). The van der Waals surface area contributed by atoms with E-state index in [1.54, 1.807) is 12.3 Å². The number of rotatable bonds is 9. The van der Waals surface area contributed by atoms with Gasteiger partial charge >= 0.3 is 0 Å². The molecule has 4 heteroatoms. The summed E-state index contributed by atoms with van der Waals surface area (Å²) >= 11 is 0. The first kappa shape index (κ1) is 16.2. The molecule has 1 aliphatic rings. The number of nitrogens with one attached hydrogen (secondary N) is 1. The van der Waals surface area contributed by atoms with Gasteiger partial charge in [-0.1, -0.05) is 20.8 Å². The van der Waals surface area contributed by atoms with Gasteiger partial charge in [0.25, 0.3) is 0 Å². The van der Waals surface area contributed by atoms with Gasteiger partial charge in [-0.15, -0.1) is 0 Å². The summed E-state index contributed by atoms with van der Waals surface area (Å²) in [4.78, 5) is 6.51. The van der Waals surface area contributed by atoms with Gasteiger partial charge in [-0.2, -0.15) is 0 Å². The molecule has 118 valence electrons. The maximum absolute atomic E-state index is 14.7. The summed E-state index contributed by atoms with van der Waals surface area (Å²) in [5, 5.41) is 3.27. The Morgan fingerprint density at radius 2 is 2.19 bits per heavy atom. The molecule has 0 bridgehead atoms. The van der Waals surface area contributed by atoms with Crippen LogP contribution in [0.25, 0.3) is 0 Å². The van der Waals surface area contributed by atoms with Gasteiger partial charge < -0.3 is 10.2 Å². The molecule has 1 aromatic heterocycles. The summed E-state index contributed by atoms with van der Waals surface area (Å²) in [6, 6.07) is 2.28. The molecule has 0 amide bonds. The normalized spacial score (nSPS) is 14.7. The lowest BCUT2D eigenvalue weighted by atomic mass is 10.1. The van der Waals surface area contributed by atoms with Crippen molar-refractivity contribution < 1.29 is 4.39 Å². The van der Waals surface area contributed by atoms with Gasteiger partial charge in [0.05, 0.1) is 0 Å². The number of hydrogen-bond acceptors (Lipinski definition) is 3. The highest BCUT2D eigenvalue weighted by molar-refractivity contribution is 5.45. The molecule has 0 unspecified atom stereocenters. The minimum absolute atomic E-state index is 0.142. The van der Waals surface area contributed by atoms with Crippen LogP contribution in [0.2, 0.25) is 0 Å². The second-order valence-electron chi connectivity index (χ2n) is 6.39. The van der Waals surface area contributed by atoms with Gasteiger partial charge in [0.2, 0.25) is 0 Å². The molecule has 0 atom stereocenters. The quantitative estimate of drug-likeness (QED) is 0.703. The van der Waals surface area contributed by atoms with Gasteiger partial charge in [0, 0.05) is 30.9 Å². The molecule has 21 heavy (non-hydrogen) atoms. The minimum Gasteiger partial charge on any atom is -0.351 e. The van der Waals surface area contributed by atoms with Crippen molar-refractivity contribution in [2.24, 2.45) is 5.92 Å². The van der Waals surface area contributed by atoms with Crippen molar-refractivity contribution in [3.05, 3.63) is 23.6 Å². The molecular weight excluding hydrogens is 265 g/mol. The van der Waals surface area contributed by atoms with Crippen molar-refractivity contribution >= 4 is 5.82 Å². The van der Waals surface area contributed by atoms with Gasteiger partial charge in [-0.3, -0.25) is 0 Å². The number of anilines is 1. The fourth-order valence-electron chi connectivity index (χ4n) is 2.45. The average molecular weight is 293 g/mol. The molecule has 0 aliphatic heterocycles. The van der Waals surface area contributed by atoms with E-state index >= 15 is 0 Å². The van der Waals surface area contributed by atoms with Crippen LogP contribution in [-0.4, -0.2) is 24.1 Å². The van der Waals surface area contributed by atoms with Crippen molar-refractivity contribution in [1.82, 2.24) is 10.3 Å². The molecule has 0 spiro atoms. The summed E-state index contributed by atoms with van der Waals surface area (Å²) in [7, 11) is 0. The third kappa shape index (κ3) is 4.67. The Morgan fingerprint density at radius 1 is 1.43 bits per heavy atom. The highest BCUT2D eigenvalue weighted by Gasteiger charge is 2.31. The molecule has 1 N–H and O–H groups in total. The Kier molecular flexibility index (Phi) is 5.97. The molecule has 0 radical (unpaired) electrons. The molecule has 3 nitrogen and oxygen atoms in total. The van der Waals surface area contributed by atoms with Crippen molar-refractivity contribution in [2.75, 3.05) is 18.0 Å². The van der Waals surface area contributed by atoms with E-state index < -0.39 is 0 Å². The second-order valence-corrected chi connectivity index (χ2v) is 6.39. The number of aromatic nitrogens is 1. The first-order valence-corrected chi connectivity index (χ1v) is 8.24. The molecular formula is C17H28FN3. The lowest BCUT2D eigenvalue weighted by molar-refractivity contribution is 0.544. The highest BCUT2D eigenvalue weighted by atomic mass is 19.1. The lowest BCUT2D eigenvalue weighted by Crippen LogP contribution is -2.30. The van der Waals surface area contributed by atoms with E-state index in [1.165, 1.54) is 0 Å². The van der Waals surface area contributed by atoms with E-state index in [9.17, 15) is 4.39 Å². The first-order chi connectivity index (χ1) is 10.1. The Balaban J connectivity index is 2.10. The summed E-state index contributed by atoms with van der Waals surface area (Å²) in [6.07, 6.45) is 6.21. The number of hydrogen-bond donors (Lipinski definition) is 1. The van der Waals surface area contributed by atoms with Crippen LogP contribution in [0.15, 0.2) is 12.3 Å². The molecule has 1 aliphatic carbocycles. The van der Waals surface area contributed by atoms with Gasteiger partial charge in [0.15, 0.2) is 11.6 Å². The first-order valence-electron chi connectivity index (χ1n) is 8.24. The maximum Gasteiger partial charge on any atom is 0.170 e. The molecule has 1 heterocycles. The zero-order chi connectivity index (χ0) is 15.2. The van der Waals surface area contributed by atoms with Gasteiger partial charge in [-0.05, 0) is 44.2 Å². The second kappa shape index (κ2) is 7.74.